The molecule has 0 bridgehead atoms. The molecular weight excluding hydrogens is 285 g/mol. The normalized spacial score (nSPS) is 15.7. The quantitative estimate of drug-likeness (QED) is 0.791. The minimum Gasteiger partial charge on any atom is -0.336 e. The average Bonchev–Trinajstić information content (AvgIpc) is 2.95. The first-order valence-corrected chi connectivity index (χ1v) is 8.23. The standard InChI is InChI=1S/C17H24FNOS/c1-12(2)9-10-19(14-5-3-4-6-14)17(20)13-7-8-15(18)16(21)11-13/h7-8,11-12,14,21H,3-6,9-10H2,1-2H3. The number of hydrogen-bond donors (Lipinski definition) is 1. The maximum Gasteiger partial charge on any atom is 0.254 e. The third-order valence-electron chi connectivity index (χ3n) is 4.17. The van der Waals surface area contributed by atoms with Gasteiger partial charge in [0.2, 0.25) is 0 Å². The number of carbonyl (C=O) groups excluding carboxylic acids is 1. The molecule has 0 atom stereocenters. The van der Waals surface area contributed by atoms with Crippen molar-refractivity contribution in [3.05, 3.63) is 29.6 Å². The van der Waals surface area contributed by atoms with Crippen LogP contribution in [0.5, 0.6) is 0 Å². The van der Waals surface area contributed by atoms with Crippen LogP contribution in [-0.2, 0) is 0 Å². The summed E-state index contributed by atoms with van der Waals surface area (Å²) in [6.07, 6.45) is 5.55. The van der Waals surface area contributed by atoms with Gasteiger partial charge in [0.1, 0.15) is 5.82 Å². The lowest BCUT2D eigenvalue weighted by Gasteiger charge is -2.30. The second-order valence-corrected chi connectivity index (χ2v) is 6.77. The summed E-state index contributed by atoms with van der Waals surface area (Å²) in [5, 5.41) is 0. The Morgan fingerprint density at radius 3 is 2.62 bits per heavy atom. The SMILES string of the molecule is CC(C)CCN(C(=O)c1ccc(F)c(S)c1)C1CCCC1. The van der Waals surface area contributed by atoms with Crippen molar-refractivity contribution in [1.29, 1.82) is 0 Å². The molecule has 2 nitrogen and oxygen atoms in total. The fraction of sp³-hybridized carbons (Fsp3) is 0.588. The Labute approximate surface area is 132 Å². The molecule has 0 aliphatic heterocycles. The topological polar surface area (TPSA) is 20.3 Å². The fourth-order valence-corrected chi connectivity index (χ4v) is 3.09. The summed E-state index contributed by atoms with van der Waals surface area (Å²) < 4.78 is 13.3. The number of hydrogen-bond acceptors (Lipinski definition) is 2. The first kappa shape index (κ1) is 16.3. The Balaban J connectivity index is 2.17. The van der Waals surface area contributed by atoms with Crippen LogP contribution in [0.25, 0.3) is 0 Å². The van der Waals surface area contributed by atoms with Crippen molar-refractivity contribution in [2.45, 2.75) is 56.9 Å². The summed E-state index contributed by atoms with van der Waals surface area (Å²) in [5.74, 6) is 0.192. The molecule has 1 amide bonds. The van der Waals surface area contributed by atoms with Gasteiger partial charge in [-0.25, -0.2) is 4.39 Å². The van der Waals surface area contributed by atoms with Gasteiger partial charge in [-0.05, 0) is 43.4 Å². The number of thiol groups is 1. The van der Waals surface area contributed by atoms with E-state index in [1.807, 2.05) is 4.90 Å². The molecule has 0 heterocycles. The molecule has 1 aromatic rings. The molecule has 4 heteroatoms. The summed E-state index contributed by atoms with van der Waals surface area (Å²) in [7, 11) is 0. The fourth-order valence-electron chi connectivity index (χ4n) is 2.87. The van der Waals surface area contributed by atoms with Crippen LogP contribution >= 0.6 is 12.6 Å². The predicted octanol–water partition coefficient (Wildman–Crippen LogP) is 4.55. The lowest BCUT2D eigenvalue weighted by atomic mass is 10.1. The minimum atomic E-state index is -0.385. The van der Waals surface area contributed by atoms with E-state index in [1.54, 1.807) is 6.07 Å². The molecule has 1 saturated carbocycles. The van der Waals surface area contributed by atoms with Gasteiger partial charge in [-0.2, -0.15) is 0 Å². The Morgan fingerprint density at radius 1 is 1.38 bits per heavy atom. The van der Waals surface area contributed by atoms with Gasteiger partial charge in [0.15, 0.2) is 0 Å². The highest BCUT2D eigenvalue weighted by Crippen LogP contribution is 2.26. The van der Waals surface area contributed by atoms with Crippen LogP contribution in [0.4, 0.5) is 4.39 Å². The first-order chi connectivity index (χ1) is 9.99. The zero-order chi connectivity index (χ0) is 15.4. The average molecular weight is 309 g/mol. The Kier molecular flexibility index (Phi) is 5.68. The van der Waals surface area contributed by atoms with Crippen LogP contribution < -0.4 is 0 Å². The summed E-state index contributed by atoms with van der Waals surface area (Å²) in [6.45, 7) is 5.11. The highest BCUT2D eigenvalue weighted by molar-refractivity contribution is 7.80. The molecule has 116 valence electrons. The van der Waals surface area contributed by atoms with Gasteiger partial charge in [0.25, 0.3) is 5.91 Å². The highest BCUT2D eigenvalue weighted by atomic mass is 32.1. The summed E-state index contributed by atoms with van der Waals surface area (Å²) >= 11 is 4.08. The van der Waals surface area contributed by atoms with Crippen LogP contribution in [0, 0.1) is 11.7 Å². The third-order valence-corrected chi connectivity index (χ3v) is 4.51. The van der Waals surface area contributed by atoms with Gasteiger partial charge in [0.05, 0.1) is 0 Å². The lowest BCUT2D eigenvalue weighted by Crippen LogP contribution is -2.40. The maximum atomic E-state index is 13.3. The number of halogens is 1. The molecule has 1 aromatic carbocycles. The van der Waals surface area contributed by atoms with E-state index in [9.17, 15) is 9.18 Å². The van der Waals surface area contributed by atoms with Gasteiger partial charge >= 0.3 is 0 Å². The molecule has 0 saturated heterocycles. The van der Waals surface area contributed by atoms with Crippen LogP contribution in [0.1, 0.15) is 56.3 Å². The van der Waals surface area contributed by atoms with Crippen molar-refractivity contribution < 1.29 is 9.18 Å². The van der Waals surface area contributed by atoms with E-state index in [0.717, 1.165) is 25.8 Å². The Morgan fingerprint density at radius 2 is 2.05 bits per heavy atom. The molecule has 0 N–H and O–H groups in total. The van der Waals surface area contributed by atoms with E-state index in [2.05, 4.69) is 26.5 Å². The molecule has 0 aromatic heterocycles. The van der Waals surface area contributed by atoms with E-state index < -0.39 is 0 Å². The number of amides is 1. The van der Waals surface area contributed by atoms with Crippen molar-refractivity contribution in [1.82, 2.24) is 4.90 Å². The summed E-state index contributed by atoms with van der Waals surface area (Å²) in [5.41, 5.74) is 0.539. The molecule has 1 fully saturated rings. The third kappa shape index (κ3) is 4.22. The van der Waals surface area contributed by atoms with Crippen molar-refractivity contribution in [2.75, 3.05) is 6.54 Å². The molecule has 0 spiro atoms. The van der Waals surface area contributed by atoms with E-state index in [4.69, 9.17) is 0 Å². The molecule has 1 aliphatic carbocycles. The minimum absolute atomic E-state index is 0.0119. The molecule has 1 aliphatic rings. The van der Waals surface area contributed by atoms with E-state index in [0.29, 0.717) is 17.5 Å². The van der Waals surface area contributed by atoms with Gasteiger partial charge in [-0.3, -0.25) is 4.79 Å². The second-order valence-electron chi connectivity index (χ2n) is 6.29. The highest BCUT2D eigenvalue weighted by Gasteiger charge is 2.27. The maximum absolute atomic E-state index is 13.3. The summed E-state index contributed by atoms with van der Waals surface area (Å²) in [4.78, 5) is 15.0. The lowest BCUT2D eigenvalue weighted by molar-refractivity contribution is 0.0671. The van der Waals surface area contributed by atoms with E-state index in [-0.39, 0.29) is 16.6 Å². The zero-order valence-corrected chi connectivity index (χ0v) is 13.7. The van der Waals surface area contributed by atoms with Gasteiger partial charge in [-0.1, -0.05) is 26.7 Å². The van der Waals surface area contributed by atoms with Crippen LogP contribution in [0.2, 0.25) is 0 Å². The van der Waals surface area contributed by atoms with Crippen LogP contribution in [0.3, 0.4) is 0 Å². The van der Waals surface area contributed by atoms with Gasteiger partial charge in [0, 0.05) is 23.0 Å². The largest absolute Gasteiger partial charge is 0.336 e. The van der Waals surface area contributed by atoms with Gasteiger partial charge in [-0.15, -0.1) is 12.6 Å². The smallest absolute Gasteiger partial charge is 0.254 e. The predicted molar refractivity (Wildman–Crippen MR) is 86.4 cm³/mol. The Bertz CT molecular complexity index is 498. The first-order valence-electron chi connectivity index (χ1n) is 7.78. The second kappa shape index (κ2) is 7.30. The van der Waals surface area contributed by atoms with Crippen molar-refractivity contribution in [3.8, 4) is 0 Å². The molecular formula is C17H24FNOS. The van der Waals surface area contributed by atoms with Crippen molar-refractivity contribution in [2.24, 2.45) is 5.92 Å². The molecule has 21 heavy (non-hydrogen) atoms. The number of rotatable bonds is 5. The number of carbonyl (C=O) groups is 1. The monoisotopic (exact) mass is 309 g/mol. The Hall–Kier alpha value is -1.03. The number of nitrogens with zero attached hydrogens (tertiary/aromatic N) is 1. The molecule has 0 unspecified atom stereocenters. The molecule has 0 radical (unpaired) electrons. The molecule has 2 rings (SSSR count). The van der Waals surface area contributed by atoms with E-state index in [1.165, 1.54) is 25.0 Å². The van der Waals surface area contributed by atoms with Crippen molar-refractivity contribution >= 4 is 18.5 Å². The summed E-state index contributed by atoms with van der Waals surface area (Å²) in [6, 6.07) is 4.77. The van der Waals surface area contributed by atoms with Crippen LogP contribution in [0.15, 0.2) is 23.1 Å². The number of benzene rings is 1. The van der Waals surface area contributed by atoms with Crippen LogP contribution in [-0.4, -0.2) is 23.4 Å². The van der Waals surface area contributed by atoms with Gasteiger partial charge < -0.3 is 4.90 Å². The van der Waals surface area contributed by atoms with Crippen molar-refractivity contribution in [3.63, 3.8) is 0 Å². The van der Waals surface area contributed by atoms with E-state index >= 15 is 0 Å². The zero-order valence-electron chi connectivity index (χ0n) is 12.8.